The molecule has 0 aliphatic heterocycles. The van der Waals surface area contributed by atoms with Crippen LogP contribution in [-0.4, -0.2) is 23.4 Å². The normalized spacial score (nSPS) is 47.6. The number of nitrogens with two attached hydrogens (primary N) is 1. The standard InChI is InChI=1S/C24H35NO3/c1-14(26)13-24(15(2)27)10-7-19-17-12-21(25)20-11-16(28)5-8-22(20,3)18(17)6-9-23(19,24)4/h11,17-19,21H,5-10,12-13,25H2,1-4H3/t17-,18+,19+,21+,22-,23+,24+/m1/s1. The highest BCUT2D eigenvalue weighted by Gasteiger charge is 2.66. The zero-order valence-electron chi connectivity index (χ0n) is 17.8. The van der Waals surface area contributed by atoms with Crippen LogP contribution >= 0.6 is 0 Å². The number of Topliss-reactive ketones (excluding diaryl/α,β-unsaturated/α-hetero) is 2. The number of ketones is 3. The molecule has 0 bridgehead atoms. The smallest absolute Gasteiger partial charge is 0.155 e. The van der Waals surface area contributed by atoms with Crippen molar-refractivity contribution in [1.29, 1.82) is 0 Å². The highest BCUT2D eigenvalue weighted by atomic mass is 16.1. The third kappa shape index (κ3) is 2.49. The number of carbonyl (C=O) groups is 3. The summed E-state index contributed by atoms with van der Waals surface area (Å²) >= 11 is 0. The Labute approximate surface area is 168 Å². The van der Waals surface area contributed by atoms with E-state index in [1.165, 1.54) is 5.57 Å². The highest BCUT2D eigenvalue weighted by Crippen LogP contribution is 2.70. The van der Waals surface area contributed by atoms with Crippen LogP contribution in [0.4, 0.5) is 0 Å². The van der Waals surface area contributed by atoms with E-state index in [0.717, 1.165) is 38.5 Å². The third-order valence-corrected chi connectivity index (χ3v) is 9.64. The molecular formula is C24H35NO3. The van der Waals surface area contributed by atoms with Gasteiger partial charge in [-0.3, -0.25) is 14.4 Å². The maximum atomic E-state index is 12.9. The van der Waals surface area contributed by atoms with Gasteiger partial charge < -0.3 is 5.73 Å². The zero-order valence-corrected chi connectivity index (χ0v) is 17.8. The lowest BCUT2D eigenvalue weighted by Gasteiger charge is -2.60. The highest BCUT2D eigenvalue weighted by molar-refractivity contribution is 5.92. The summed E-state index contributed by atoms with van der Waals surface area (Å²) in [5, 5.41) is 0. The average molecular weight is 386 g/mol. The molecule has 2 N–H and O–H groups in total. The van der Waals surface area contributed by atoms with Crippen LogP contribution in [0, 0.1) is 34.0 Å². The van der Waals surface area contributed by atoms with Crippen molar-refractivity contribution in [2.45, 2.75) is 85.1 Å². The number of carbonyl (C=O) groups excluding carboxylic acids is 3. The van der Waals surface area contributed by atoms with Crippen molar-refractivity contribution < 1.29 is 14.4 Å². The van der Waals surface area contributed by atoms with E-state index in [1.54, 1.807) is 13.8 Å². The Morgan fingerprint density at radius 3 is 2.43 bits per heavy atom. The van der Waals surface area contributed by atoms with Crippen LogP contribution in [-0.2, 0) is 14.4 Å². The van der Waals surface area contributed by atoms with E-state index < -0.39 is 5.41 Å². The van der Waals surface area contributed by atoms with E-state index in [9.17, 15) is 14.4 Å². The van der Waals surface area contributed by atoms with Crippen LogP contribution in [0.2, 0.25) is 0 Å². The molecule has 4 aliphatic rings. The Balaban J connectivity index is 1.73. The molecule has 4 rings (SSSR count). The predicted octanol–water partition coefficient (Wildman–Crippen LogP) is 4.01. The van der Waals surface area contributed by atoms with Crippen molar-refractivity contribution in [3.63, 3.8) is 0 Å². The monoisotopic (exact) mass is 385 g/mol. The summed E-state index contributed by atoms with van der Waals surface area (Å²) in [4.78, 5) is 37.1. The van der Waals surface area contributed by atoms with Crippen molar-refractivity contribution >= 4 is 17.3 Å². The van der Waals surface area contributed by atoms with Crippen molar-refractivity contribution in [3.8, 4) is 0 Å². The summed E-state index contributed by atoms with van der Waals surface area (Å²) in [7, 11) is 0. The molecule has 0 heterocycles. The minimum absolute atomic E-state index is 0.0135. The molecule has 0 aromatic heterocycles. The van der Waals surface area contributed by atoms with E-state index in [-0.39, 0.29) is 34.2 Å². The summed E-state index contributed by atoms with van der Waals surface area (Å²) in [6.07, 6.45) is 8.59. The molecule has 4 heteroatoms. The van der Waals surface area contributed by atoms with Gasteiger partial charge in [0.1, 0.15) is 11.6 Å². The summed E-state index contributed by atoms with van der Waals surface area (Å²) in [6, 6.07) is -0.0574. The summed E-state index contributed by atoms with van der Waals surface area (Å²) in [5.41, 5.74) is 7.20. The molecule has 28 heavy (non-hydrogen) atoms. The van der Waals surface area contributed by atoms with Crippen molar-refractivity contribution in [1.82, 2.24) is 0 Å². The van der Waals surface area contributed by atoms with E-state index >= 15 is 0 Å². The molecule has 4 nitrogen and oxygen atoms in total. The molecule has 0 saturated heterocycles. The maximum Gasteiger partial charge on any atom is 0.155 e. The Bertz CT molecular complexity index is 770. The van der Waals surface area contributed by atoms with Crippen LogP contribution in [0.3, 0.4) is 0 Å². The van der Waals surface area contributed by atoms with E-state index in [2.05, 4.69) is 13.8 Å². The van der Waals surface area contributed by atoms with Gasteiger partial charge >= 0.3 is 0 Å². The van der Waals surface area contributed by atoms with E-state index in [4.69, 9.17) is 5.73 Å². The Hall–Kier alpha value is -1.29. The molecule has 0 aromatic rings. The first kappa shape index (κ1) is 20.0. The Morgan fingerprint density at radius 2 is 1.79 bits per heavy atom. The molecule has 3 fully saturated rings. The lowest BCUT2D eigenvalue weighted by molar-refractivity contribution is -0.146. The predicted molar refractivity (Wildman–Crippen MR) is 108 cm³/mol. The largest absolute Gasteiger partial charge is 0.324 e. The first-order valence-corrected chi connectivity index (χ1v) is 11.1. The molecule has 0 aromatic carbocycles. The van der Waals surface area contributed by atoms with Gasteiger partial charge in [-0.1, -0.05) is 13.8 Å². The summed E-state index contributed by atoms with van der Waals surface area (Å²) < 4.78 is 0. The Morgan fingerprint density at radius 1 is 1.11 bits per heavy atom. The van der Waals surface area contributed by atoms with Gasteiger partial charge in [-0.2, -0.15) is 0 Å². The van der Waals surface area contributed by atoms with Gasteiger partial charge in [-0.15, -0.1) is 0 Å². The van der Waals surface area contributed by atoms with Gasteiger partial charge in [0.2, 0.25) is 0 Å². The van der Waals surface area contributed by atoms with Crippen LogP contribution in [0.15, 0.2) is 11.6 Å². The minimum Gasteiger partial charge on any atom is -0.324 e. The molecule has 7 atom stereocenters. The number of rotatable bonds is 3. The molecular weight excluding hydrogens is 350 g/mol. The number of fused-ring (bicyclic) bond motifs is 5. The van der Waals surface area contributed by atoms with Gasteiger partial charge in [0.25, 0.3) is 0 Å². The van der Waals surface area contributed by atoms with Crippen molar-refractivity contribution in [2.75, 3.05) is 0 Å². The fourth-order valence-electron chi connectivity index (χ4n) is 8.25. The summed E-state index contributed by atoms with van der Waals surface area (Å²) in [6.45, 7) is 7.94. The lowest BCUT2D eigenvalue weighted by atomic mass is 9.44. The second-order valence-electron chi connectivity index (χ2n) is 10.7. The molecule has 0 radical (unpaired) electrons. The van der Waals surface area contributed by atoms with Gasteiger partial charge in [0.05, 0.1) is 0 Å². The third-order valence-electron chi connectivity index (χ3n) is 9.64. The second-order valence-corrected chi connectivity index (χ2v) is 10.7. The fourth-order valence-corrected chi connectivity index (χ4v) is 8.25. The summed E-state index contributed by atoms with van der Waals surface area (Å²) in [5.74, 6) is 2.00. The number of hydrogen-bond donors (Lipinski definition) is 1. The second kappa shape index (κ2) is 6.35. The zero-order chi connectivity index (χ0) is 20.5. The van der Waals surface area contributed by atoms with Crippen LogP contribution in [0.25, 0.3) is 0 Å². The van der Waals surface area contributed by atoms with Gasteiger partial charge in [0, 0.05) is 24.3 Å². The maximum absolute atomic E-state index is 12.9. The van der Waals surface area contributed by atoms with Crippen LogP contribution in [0.5, 0.6) is 0 Å². The van der Waals surface area contributed by atoms with Crippen LogP contribution < -0.4 is 5.73 Å². The van der Waals surface area contributed by atoms with E-state index in [1.807, 2.05) is 6.08 Å². The molecule has 154 valence electrons. The topological polar surface area (TPSA) is 77.2 Å². The van der Waals surface area contributed by atoms with E-state index in [0.29, 0.717) is 30.6 Å². The van der Waals surface area contributed by atoms with Gasteiger partial charge in [-0.05, 0) is 92.6 Å². The number of hydrogen-bond acceptors (Lipinski definition) is 4. The molecule has 0 amide bonds. The quantitative estimate of drug-likeness (QED) is 0.796. The molecule has 0 unspecified atom stereocenters. The molecule has 3 saturated carbocycles. The molecule has 4 aliphatic carbocycles. The van der Waals surface area contributed by atoms with Crippen molar-refractivity contribution in [3.05, 3.63) is 11.6 Å². The van der Waals surface area contributed by atoms with Crippen molar-refractivity contribution in [2.24, 2.45) is 39.7 Å². The first-order chi connectivity index (χ1) is 13.0. The average Bonchev–Trinajstić information content (AvgIpc) is 2.90. The fraction of sp³-hybridized carbons (Fsp3) is 0.792. The first-order valence-electron chi connectivity index (χ1n) is 11.1. The van der Waals surface area contributed by atoms with Gasteiger partial charge in [0.15, 0.2) is 5.78 Å². The molecule has 0 spiro atoms. The van der Waals surface area contributed by atoms with Gasteiger partial charge in [-0.25, -0.2) is 0 Å². The minimum atomic E-state index is -0.502. The lowest BCUT2D eigenvalue weighted by Crippen LogP contribution is -2.57. The SMILES string of the molecule is CC(=O)C[C@]1(C(C)=O)CC[C@H]2[C@@H]3C[C@H](N)C4=CC(=O)CC[C@]4(C)[C@H]3CC[C@@]21C. The Kier molecular flexibility index (Phi) is 4.54. The van der Waals surface area contributed by atoms with Crippen LogP contribution in [0.1, 0.15) is 79.1 Å².